The first-order valence-electron chi connectivity index (χ1n) is 10.2. The van der Waals surface area contributed by atoms with Crippen LogP contribution in [-0.2, 0) is 4.74 Å². The molecule has 0 aliphatic carbocycles. The van der Waals surface area contributed by atoms with Gasteiger partial charge in [-0.3, -0.25) is 4.79 Å². The number of Topliss-reactive ketones (excluding diaryl/α,β-unsaturated/α-hetero) is 1. The van der Waals surface area contributed by atoms with Gasteiger partial charge in [-0.05, 0) is 66.7 Å². The highest BCUT2D eigenvalue weighted by Gasteiger charge is 2.28. The van der Waals surface area contributed by atoms with Crippen molar-refractivity contribution < 1.29 is 14.3 Å². The van der Waals surface area contributed by atoms with Crippen molar-refractivity contribution >= 4 is 58.3 Å². The number of hydrogen-bond donors (Lipinski definition) is 0. The third-order valence-corrected chi connectivity index (χ3v) is 6.56. The molecule has 2 aromatic heterocycles. The van der Waals surface area contributed by atoms with Crippen molar-refractivity contribution in [1.82, 2.24) is 30.0 Å². The second kappa shape index (κ2) is 10.8. The zero-order valence-corrected chi connectivity index (χ0v) is 21.5. The van der Waals surface area contributed by atoms with Crippen LogP contribution in [0.5, 0.6) is 0 Å². The number of hydrogen-bond acceptors (Lipinski definition) is 8. The van der Waals surface area contributed by atoms with Gasteiger partial charge in [0.1, 0.15) is 0 Å². The van der Waals surface area contributed by atoms with Crippen LogP contribution < -0.4 is 0 Å². The zero-order chi connectivity index (χ0) is 25.1. The molecule has 2 aromatic carbocycles. The van der Waals surface area contributed by atoms with E-state index in [-0.39, 0.29) is 29.4 Å². The predicted octanol–water partition coefficient (Wildman–Crippen LogP) is 5.27. The van der Waals surface area contributed by atoms with Crippen LogP contribution in [-0.4, -0.2) is 54.1 Å². The Labute approximate surface area is 219 Å². The van der Waals surface area contributed by atoms with Gasteiger partial charge in [0.2, 0.25) is 5.16 Å². The Morgan fingerprint density at radius 2 is 1.74 bits per heavy atom. The molecular weight excluding hydrogens is 535 g/mol. The first-order valence-corrected chi connectivity index (χ1v) is 12.3. The molecule has 35 heavy (non-hydrogen) atoms. The van der Waals surface area contributed by atoms with Crippen LogP contribution in [0.2, 0.25) is 15.1 Å². The maximum atomic E-state index is 13.3. The van der Waals surface area contributed by atoms with Crippen molar-refractivity contribution in [3.05, 3.63) is 74.5 Å². The molecule has 4 rings (SSSR count). The summed E-state index contributed by atoms with van der Waals surface area (Å²) < 4.78 is 8.06. The molecule has 13 heteroatoms. The highest BCUT2D eigenvalue weighted by Crippen LogP contribution is 2.29. The minimum atomic E-state index is -0.709. The highest BCUT2D eigenvalue weighted by molar-refractivity contribution is 7.99. The smallest absolute Gasteiger partial charge is 0.359 e. The van der Waals surface area contributed by atoms with Gasteiger partial charge in [0.25, 0.3) is 0 Å². The first-order chi connectivity index (χ1) is 16.8. The fourth-order valence-electron chi connectivity index (χ4n) is 3.28. The largest absolute Gasteiger partial charge is 0.461 e. The Morgan fingerprint density at radius 3 is 2.43 bits per heavy atom. The molecule has 2 heterocycles. The Balaban J connectivity index is 1.66. The average molecular weight is 552 g/mol. The maximum absolute atomic E-state index is 13.3. The fourth-order valence-corrected chi connectivity index (χ4v) is 4.66. The number of nitrogens with zero attached hydrogens (tertiary/aromatic N) is 6. The summed E-state index contributed by atoms with van der Waals surface area (Å²) in [6.45, 7) is 3.48. The monoisotopic (exact) mass is 550 g/mol. The number of ether oxygens (including phenoxy) is 1. The standard InChI is InChI=1S/C22H17Cl3N6O3S/c1-3-34-21(33)20-19(12(2)30(27-20)17-9-6-14(24)10-16(17)25)18(32)11-35-22-26-28-29-31(22)15-7-4-13(23)5-8-15/h4-10H,3,11H2,1-2H3. The number of tetrazole rings is 1. The Kier molecular flexibility index (Phi) is 7.75. The van der Waals surface area contributed by atoms with Crippen LogP contribution in [0.25, 0.3) is 11.4 Å². The number of aromatic nitrogens is 6. The van der Waals surface area contributed by atoms with Crippen molar-refractivity contribution in [2.45, 2.75) is 19.0 Å². The van der Waals surface area contributed by atoms with Crippen molar-refractivity contribution in [3.63, 3.8) is 0 Å². The summed E-state index contributed by atoms with van der Waals surface area (Å²) in [5.41, 5.74) is 1.62. The van der Waals surface area contributed by atoms with Crippen molar-refractivity contribution in [2.24, 2.45) is 0 Å². The topological polar surface area (TPSA) is 105 Å². The summed E-state index contributed by atoms with van der Waals surface area (Å²) in [6, 6.07) is 11.8. The first kappa shape index (κ1) is 25.2. The Hall–Kier alpha value is -2.92. The van der Waals surface area contributed by atoms with Gasteiger partial charge in [0.15, 0.2) is 11.5 Å². The molecule has 0 N–H and O–H groups in total. The average Bonchev–Trinajstić information content (AvgIpc) is 3.43. The summed E-state index contributed by atoms with van der Waals surface area (Å²) in [4.78, 5) is 26.0. The molecular formula is C22H17Cl3N6O3S. The molecule has 0 bridgehead atoms. The van der Waals surface area contributed by atoms with Gasteiger partial charge in [-0.2, -0.15) is 9.78 Å². The van der Waals surface area contributed by atoms with Crippen molar-refractivity contribution in [3.8, 4) is 11.4 Å². The summed E-state index contributed by atoms with van der Waals surface area (Å²) in [5, 5.41) is 17.8. The number of benzene rings is 2. The Morgan fingerprint density at radius 1 is 1.03 bits per heavy atom. The maximum Gasteiger partial charge on any atom is 0.359 e. The SMILES string of the molecule is CCOC(=O)c1nn(-c2ccc(Cl)cc2Cl)c(C)c1C(=O)CSc1nnnn1-c1ccc(Cl)cc1. The number of ketones is 1. The summed E-state index contributed by atoms with van der Waals surface area (Å²) in [6.07, 6.45) is 0. The van der Waals surface area contributed by atoms with Crippen molar-refractivity contribution in [1.29, 1.82) is 0 Å². The lowest BCUT2D eigenvalue weighted by Crippen LogP contribution is -2.13. The number of esters is 1. The van der Waals surface area contributed by atoms with Crippen LogP contribution in [0.1, 0.15) is 33.5 Å². The molecule has 9 nitrogen and oxygen atoms in total. The molecule has 0 aliphatic heterocycles. The molecule has 0 unspecified atom stereocenters. The van der Waals surface area contributed by atoms with Gasteiger partial charge in [0.05, 0.1) is 40.0 Å². The second-order valence-electron chi connectivity index (χ2n) is 7.10. The minimum absolute atomic E-state index is 0.0543. The van der Waals surface area contributed by atoms with E-state index in [9.17, 15) is 9.59 Å². The molecule has 180 valence electrons. The summed E-state index contributed by atoms with van der Waals surface area (Å²) in [5.74, 6) is -1.11. The number of carbonyl (C=O) groups is 2. The summed E-state index contributed by atoms with van der Waals surface area (Å²) >= 11 is 19.4. The molecule has 0 saturated carbocycles. The van der Waals surface area contributed by atoms with E-state index < -0.39 is 5.97 Å². The minimum Gasteiger partial charge on any atom is -0.461 e. The number of thioether (sulfide) groups is 1. The number of carbonyl (C=O) groups excluding carboxylic acids is 2. The molecule has 0 aliphatic rings. The van der Waals surface area contributed by atoms with Gasteiger partial charge in [-0.25, -0.2) is 9.48 Å². The van der Waals surface area contributed by atoms with Crippen LogP contribution >= 0.6 is 46.6 Å². The number of rotatable bonds is 8. The van der Waals surface area contributed by atoms with E-state index in [1.54, 1.807) is 56.3 Å². The third kappa shape index (κ3) is 5.35. The lowest BCUT2D eigenvalue weighted by Gasteiger charge is -2.08. The highest BCUT2D eigenvalue weighted by atomic mass is 35.5. The molecule has 0 radical (unpaired) electrons. The quantitative estimate of drug-likeness (QED) is 0.166. The van der Waals surface area contributed by atoms with E-state index in [2.05, 4.69) is 20.6 Å². The zero-order valence-electron chi connectivity index (χ0n) is 18.4. The lowest BCUT2D eigenvalue weighted by molar-refractivity contribution is 0.0516. The molecule has 0 fully saturated rings. The van der Waals surface area contributed by atoms with E-state index >= 15 is 0 Å². The van der Waals surface area contributed by atoms with Crippen LogP contribution in [0, 0.1) is 6.92 Å². The van der Waals surface area contributed by atoms with Gasteiger partial charge in [0, 0.05) is 10.0 Å². The fraction of sp³-hybridized carbons (Fsp3) is 0.182. The van der Waals surface area contributed by atoms with Gasteiger partial charge >= 0.3 is 5.97 Å². The van der Waals surface area contributed by atoms with E-state index in [4.69, 9.17) is 39.5 Å². The van der Waals surface area contributed by atoms with Crippen LogP contribution in [0.3, 0.4) is 0 Å². The van der Waals surface area contributed by atoms with Crippen LogP contribution in [0.15, 0.2) is 47.6 Å². The molecule has 0 atom stereocenters. The molecule has 0 amide bonds. The Bertz CT molecular complexity index is 1400. The van der Waals surface area contributed by atoms with Crippen LogP contribution in [0.4, 0.5) is 0 Å². The molecule has 4 aromatic rings. The van der Waals surface area contributed by atoms with E-state index in [1.807, 2.05) is 0 Å². The summed E-state index contributed by atoms with van der Waals surface area (Å²) in [7, 11) is 0. The lowest BCUT2D eigenvalue weighted by atomic mass is 10.1. The van der Waals surface area contributed by atoms with Crippen molar-refractivity contribution in [2.75, 3.05) is 12.4 Å². The second-order valence-corrected chi connectivity index (χ2v) is 9.32. The predicted molar refractivity (Wildman–Crippen MR) is 133 cm³/mol. The number of halogens is 3. The van der Waals surface area contributed by atoms with E-state index in [0.29, 0.717) is 37.3 Å². The molecule has 0 spiro atoms. The van der Waals surface area contributed by atoms with Gasteiger partial charge in [-0.15, -0.1) is 5.10 Å². The normalized spacial score (nSPS) is 11.0. The van der Waals surface area contributed by atoms with E-state index in [1.165, 1.54) is 9.36 Å². The van der Waals surface area contributed by atoms with E-state index in [0.717, 1.165) is 11.8 Å². The van der Waals surface area contributed by atoms with Gasteiger partial charge in [-0.1, -0.05) is 46.6 Å². The third-order valence-electron chi connectivity index (χ3n) is 4.85. The molecule has 0 saturated heterocycles. The van der Waals surface area contributed by atoms with Gasteiger partial charge < -0.3 is 4.74 Å².